The average Bonchev–Trinajstić information content (AvgIpc) is 2.80. The maximum atomic E-state index is 12.3. The van der Waals surface area contributed by atoms with Crippen LogP contribution in [0.25, 0.3) is 11.2 Å². The van der Waals surface area contributed by atoms with Gasteiger partial charge in [0, 0.05) is 22.8 Å². The fourth-order valence-electron chi connectivity index (χ4n) is 2.78. The van der Waals surface area contributed by atoms with E-state index < -0.39 is 30.2 Å². The molecule has 6 N–H and O–H groups in total. The Morgan fingerprint density at radius 1 is 1.12 bits per heavy atom. The maximum Gasteiger partial charge on any atom is 0.326 e. The number of nitroso groups, excluding NO2 is 1. The van der Waals surface area contributed by atoms with Gasteiger partial charge in [-0.25, -0.2) is 14.8 Å². The van der Waals surface area contributed by atoms with E-state index >= 15 is 0 Å². The molecular weight excluding hydrogens is 436 g/mol. The number of benzene rings is 1. The van der Waals surface area contributed by atoms with Gasteiger partial charge in [0.2, 0.25) is 11.8 Å². The zero-order valence-electron chi connectivity index (χ0n) is 16.9. The fraction of sp³-hybridized carbons (Fsp3) is 0.211. The third-order valence-corrected chi connectivity index (χ3v) is 4.43. The number of carbonyl (C=O) groups excluding carboxylic acids is 2. The van der Waals surface area contributed by atoms with Gasteiger partial charge in [-0.05, 0) is 30.7 Å². The number of anilines is 2. The highest BCUT2D eigenvalue weighted by atomic mass is 16.4. The van der Waals surface area contributed by atoms with Crippen LogP contribution in [-0.4, -0.2) is 54.0 Å². The van der Waals surface area contributed by atoms with Crippen LogP contribution >= 0.6 is 0 Å². The molecule has 0 aliphatic carbocycles. The molecule has 1 aromatic carbocycles. The largest absolute Gasteiger partial charge is 0.492 e. The highest BCUT2D eigenvalue weighted by Crippen LogP contribution is 2.19. The summed E-state index contributed by atoms with van der Waals surface area (Å²) >= 11 is 0. The lowest BCUT2D eigenvalue weighted by Gasteiger charge is -2.14. The van der Waals surface area contributed by atoms with Crippen LogP contribution < -0.4 is 16.4 Å². The van der Waals surface area contributed by atoms with Gasteiger partial charge in [0.1, 0.15) is 6.04 Å². The second kappa shape index (κ2) is 10.0. The van der Waals surface area contributed by atoms with E-state index in [1.165, 1.54) is 18.3 Å². The lowest BCUT2D eigenvalue weighted by molar-refractivity contribution is -0.139. The summed E-state index contributed by atoms with van der Waals surface area (Å²) in [5, 5.41) is 26.6. The highest BCUT2D eigenvalue weighted by molar-refractivity contribution is 5.97. The Kier molecular flexibility index (Phi) is 6.97. The van der Waals surface area contributed by atoms with Crippen LogP contribution in [0.5, 0.6) is 5.88 Å². The molecule has 0 aliphatic rings. The molecule has 33 heavy (non-hydrogen) atoms. The number of nitrogens with zero attached hydrogens (tertiary/aromatic N) is 5. The molecule has 2 amide bonds. The second-order valence-corrected chi connectivity index (χ2v) is 6.76. The zero-order chi connectivity index (χ0) is 24.0. The Labute approximate surface area is 185 Å². The van der Waals surface area contributed by atoms with Crippen molar-refractivity contribution in [1.29, 1.82) is 0 Å². The summed E-state index contributed by atoms with van der Waals surface area (Å²) in [5.41, 5.74) is 7.02. The molecule has 0 spiro atoms. The number of aromatic hydroxyl groups is 1. The van der Waals surface area contributed by atoms with Gasteiger partial charge in [-0.1, -0.05) is 0 Å². The smallest absolute Gasteiger partial charge is 0.326 e. The Morgan fingerprint density at radius 3 is 2.52 bits per heavy atom. The van der Waals surface area contributed by atoms with Crippen LogP contribution in [0, 0.1) is 4.91 Å². The van der Waals surface area contributed by atoms with Crippen LogP contribution in [0.2, 0.25) is 0 Å². The third-order valence-electron chi connectivity index (χ3n) is 4.43. The van der Waals surface area contributed by atoms with Gasteiger partial charge in [-0.15, -0.1) is 4.91 Å². The molecule has 0 aliphatic heterocycles. The van der Waals surface area contributed by atoms with Crippen LogP contribution in [0.3, 0.4) is 0 Å². The van der Waals surface area contributed by atoms with Crippen molar-refractivity contribution < 1.29 is 24.6 Å². The average molecular weight is 454 g/mol. The summed E-state index contributed by atoms with van der Waals surface area (Å²) in [6.07, 6.45) is 0.809. The van der Waals surface area contributed by atoms with Crippen LogP contribution in [0.4, 0.5) is 11.6 Å². The molecule has 0 saturated heterocycles. The fourth-order valence-corrected chi connectivity index (χ4v) is 2.78. The first kappa shape index (κ1) is 22.9. The number of nitrogens with one attached hydrogen (secondary N) is 2. The molecule has 3 rings (SSSR count). The molecule has 2 heterocycles. The summed E-state index contributed by atoms with van der Waals surface area (Å²) < 4.78 is 0. The molecule has 14 heteroatoms. The number of carboxylic acid groups (broad SMARTS) is 1. The van der Waals surface area contributed by atoms with Gasteiger partial charge >= 0.3 is 5.97 Å². The number of aromatic nitrogens is 4. The van der Waals surface area contributed by atoms with Crippen molar-refractivity contribution in [2.24, 2.45) is 5.18 Å². The summed E-state index contributed by atoms with van der Waals surface area (Å²) in [4.78, 5) is 60.5. The standard InChI is InChI=1S/C19H18N8O6/c20-19-25-15-14(17(30)26-19)23-11(8-22-15)7-21-10-3-1-9(2-4-10)16(29)24-12(18(31)32)5-6-13(28)27-33/h1-4,8,12,21H,5-7H2,(H,24,29)(H,31,32)(H3,20,22,25,26,30). The van der Waals surface area contributed by atoms with Crippen LogP contribution in [-0.2, 0) is 16.1 Å². The SMILES string of the molecule is Nc1nc(O)c2nc(CNc3ccc(C(=O)NC(CCC(=O)N=O)C(=O)O)cc3)cnc2n1. The number of hydrogen-bond acceptors (Lipinski definition) is 11. The Bertz CT molecular complexity index is 1220. The van der Waals surface area contributed by atoms with Crippen molar-refractivity contribution in [3.8, 4) is 5.88 Å². The first-order valence-corrected chi connectivity index (χ1v) is 9.48. The Morgan fingerprint density at radius 2 is 1.85 bits per heavy atom. The van der Waals surface area contributed by atoms with Crippen molar-refractivity contribution in [3.05, 3.63) is 46.6 Å². The van der Waals surface area contributed by atoms with Crippen molar-refractivity contribution in [1.82, 2.24) is 25.3 Å². The number of carbonyl (C=O) groups is 3. The van der Waals surface area contributed by atoms with Crippen molar-refractivity contribution in [2.75, 3.05) is 11.1 Å². The molecule has 3 aromatic rings. The number of rotatable bonds is 9. The molecule has 0 bridgehead atoms. The molecule has 1 atom stereocenters. The topological polar surface area (TPSA) is 223 Å². The van der Waals surface area contributed by atoms with E-state index in [4.69, 9.17) is 5.73 Å². The van der Waals surface area contributed by atoms with E-state index in [-0.39, 0.29) is 41.5 Å². The normalized spacial score (nSPS) is 11.5. The van der Waals surface area contributed by atoms with Crippen molar-refractivity contribution in [3.63, 3.8) is 0 Å². The van der Waals surface area contributed by atoms with Gasteiger partial charge in [-0.2, -0.15) is 9.97 Å². The molecule has 170 valence electrons. The van der Waals surface area contributed by atoms with Gasteiger partial charge < -0.3 is 26.6 Å². The summed E-state index contributed by atoms with van der Waals surface area (Å²) in [7, 11) is 0. The van der Waals surface area contributed by atoms with E-state index in [2.05, 4.69) is 35.7 Å². The number of amides is 2. The van der Waals surface area contributed by atoms with Gasteiger partial charge in [0.05, 0.1) is 18.4 Å². The molecule has 0 saturated carbocycles. The zero-order valence-corrected chi connectivity index (χ0v) is 16.9. The predicted molar refractivity (Wildman–Crippen MR) is 114 cm³/mol. The third kappa shape index (κ3) is 5.90. The van der Waals surface area contributed by atoms with E-state index in [1.807, 2.05) is 0 Å². The number of nitrogens with two attached hydrogens (primary N) is 1. The van der Waals surface area contributed by atoms with Gasteiger partial charge in [0.25, 0.3) is 11.8 Å². The lowest BCUT2D eigenvalue weighted by atomic mass is 10.1. The number of aliphatic carboxylic acids is 1. The summed E-state index contributed by atoms with van der Waals surface area (Å²) in [6.45, 7) is 0.234. The minimum absolute atomic E-state index is 0.106. The van der Waals surface area contributed by atoms with Crippen LogP contribution in [0.1, 0.15) is 28.9 Å². The number of carboxylic acids is 1. The predicted octanol–water partition coefficient (Wildman–Crippen LogP) is 0.576. The van der Waals surface area contributed by atoms with E-state index in [9.17, 15) is 29.5 Å². The van der Waals surface area contributed by atoms with E-state index in [0.717, 1.165) is 0 Å². The Hall–Kier alpha value is -4.75. The molecule has 14 nitrogen and oxygen atoms in total. The molecule has 1 unspecified atom stereocenters. The van der Waals surface area contributed by atoms with Gasteiger partial charge in [0.15, 0.2) is 11.2 Å². The van der Waals surface area contributed by atoms with Crippen molar-refractivity contribution in [2.45, 2.75) is 25.4 Å². The molecular formula is C19H18N8O6. The first-order valence-electron chi connectivity index (χ1n) is 9.48. The summed E-state index contributed by atoms with van der Waals surface area (Å²) in [6, 6.07) is 4.80. The van der Waals surface area contributed by atoms with E-state index in [1.54, 1.807) is 12.1 Å². The maximum absolute atomic E-state index is 12.3. The quantitative estimate of drug-likeness (QED) is 0.280. The minimum Gasteiger partial charge on any atom is -0.492 e. The van der Waals surface area contributed by atoms with E-state index in [0.29, 0.717) is 11.4 Å². The molecule has 2 aromatic heterocycles. The van der Waals surface area contributed by atoms with Crippen molar-refractivity contribution >= 4 is 40.6 Å². The number of nitrogen functional groups attached to an aromatic ring is 1. The molecule has 0 fully saturated rings. The number of hydrogen-bond donors (Lipinski definition) is 5. The lowest BCUT2D eigenvalue weighted by Crippen LogP contribution is -2.41. The second-order valence-electron chi connectivity index (χ2n) is 6.76. The first-order chi connectivity index (χ1) is 15.8. The highest BCUT2D eigenvalue weighted by Gasteiger charge is 2.22. The minimum atomic E-state index is -1.34. The molecule has 0 radical (unpaired) electrons. The summed E-state index contributed by atoms with van der Waals surface area (Å²) in [5.74, 6) is -3.49. The number of fused-ring (bicyclic) bond motifs is 1. The van der Waals surface area contributed by atoms with Crippen LogP contribution in [0.15, 0.2) is 35.6 Å². The Balaban J connectivity index is 1.61. The monoisotopic (exact) mass is 454 g/mol. The van der Waals surface area contributed by atoms with Gasteiger partial charge in [-0.3, -0.25) is 9.59 Å².